The molecule has 4 heteroatoms. The number of hydrogen-bond donors (Lipinski definition) is 1. The molecule has 0 amide bonds. The Bertz CT molecular complexity index is 200. The normalized spacial score (nSPS) is 13.9. The van der Waals surface area contributed by atoms with Crippen molar-refractivity contribution in [3.8, 4) is 0 Å². The lowest BCUT2D eigenvalue weighted by molar-refractivity contribution is 0.486. The average Bonchev–Trinajstić information content (AvgIpc) is 1.62. The third kappa shape index (κ3) is 5.52. The fourth-order valence-electron chi connectivity index (χ4n) is 0.371. The van der Waals surface area contributed by atoms with Crippen molar-refractivity contribution >= 4 is 10.1 Å². The molecule has 0 spiro atoms. The van der Waals surface area contributed by atoms with Crippen molar-refractivity contribution in [2.24, 2.45) is 0 Å². The van der Waals surface area contributed by atoms with Crippen molar-refractivity contribution in [3.63, 3.8) is 0 Å². The maximum atomic E-state index is 10.1. The van der Waals surface area contributed by atoms with Crippen LogP contribution < -0.4 is 0 Å². The van der Waals surface area contributed by atoms with Crippen molar-refractivity contribution in [2.75, 3.05) is 5.75 Å². The summed E-state index contributed by atoms with van der Waals surface area (Å²) >= 11 is 0. The molecule has 0 rings (SSSR count). The van der Waals surface area contributed by atoms with Gasteiger partial charge in [0.05, 0.1) is 5.75 Å². The Hall–Kier alpha value is -0.350. The molecule has 0 bridgehead atoms. The highest BCUT2D eigenvalue weighted by molar-refractivity contribution is 7.85. The van der Waals surface area contributed by atoms with Gasteiger partial charge in [0, 0.05) is 0 Å². The van der Waals surface area contributed by atoms with Crippen molar-refractivity contribution in [1.82, 2.24) is 0 Å². The molecule has 54 valence electrons. The van der Waals surface area contributed by atoms with Crippen molar-refractivity contribution in [3.05, 3.63) is 11.6 Å². The van der Waals surface area contributed by atoms with Crippen LogP contribution in [0.15, 0.2) is 11.6 Å². The summed E-state index contributed by atoms with van der Waals surface area (Å²) in [4.78, 5) is 0. The summed E-state index contributed by atoms with van der Waals surface area (Å²) in [7, 11) is -3.80. The van der Waals surface area contributed by atoms with E-state index in [4.69, 9.17) is 4.55 Å². The van der Waals surface area contributed by atoms with E-state index in [0.717, 1.165) is 0 Å². The summed E-state index contributed by atoms with van der Waals surface area (Å²) in [6.07, 6.45) is 1.65. The van der Waals surface area contributed by atoms with Gasteiger partial charge in [0.25, 0.3) is 10.1 Å². The van der Waals surface area contributed by atoms with Crippen LogP contribution in [0.5, 0.6) is 0 Å². The molecule has 0 unspecified atom stereocenters. The minimum Gasteiger partial charge on any atom is -0.285 e. The molecular weight excluding hydrogens is 140 g/mol. The summed E-state index contributed by atoms with van der Waals surface area (Å²) < 4.78 is 28.5. The average molecular weight is 150 g/mol. The van der Waals surface area contributed by atoms with Gasteiger partial charge in [-0.1, -0.05) is 11.6 Å². The van der Waals surface area contributed by atoms with Gasteiger partial charge in [-0.25, -0.2) is 0 Å². The van der Waals surface area contributed by atoms with Crippen molar-refractivity contribution in [2.45, 2.75) is 13.8 Å². The van der Waals surface area contributed by atoms with Gasteiger partial charge in [-0.2, -0.15) is 8.42 Å². The standard InChI is InChI=1S/C5H10O3S/c1-3-5(2)4-9(6,7)8/h3H,4H2,1-2H3,(H,6,7,8). The molecule has 0 atom stereocenters. The van der Waals surface area contributed by atoms with Crippen LogP contribution >= 0.6 is 0 Å². The van der Waals surface area contributed by atoms with E-state index in [-0.39, 0.29) is 5.75 Å². The lowest BCUT2D eigenvalue weighted by atomic mass is 10.3. The summed E-state index contributed by atoms with van der Waals surface area (Å²) in [6.45, 7) is 3.37. The Morgan fingerprint density at radius 2 is 2.11 bits per heavy atom. The van der Waals surface area contributed by atoms with Gasteiger partial charge >= 0.3 is 0 Å². The Labute approximate surface area is 55.1 Å². The lowest BCUT2D eigenvalue weighted by Gasteiger charge is -1.93. The fourth-order valence-corrected chi connectivity index (χ4v) is 1.11. The van der Waals surface area contributed by atoms with E-state index in [2.05, 4.69) is 0 Å². The zero-order valence-corrected chi connectivity index (χ0v) is 6.27. The van der Waals surface area contributed by atoms with Crippen LogP contribution in [0.25, 0.3) is 0 Å². The van der Waals surface area contributed by atoms with Crippen LogP contribution in [-0.2, 0) is 10.1 Å². The van der Waals surface area contributed by atoms with E-state index in [0.29, 0.717) is 5.57 Å². The minimum atomic E-state index is -3.80. The zero-order chi connectivity index (χ0) is 7.49. The predicted molar refractivity (Wildman–Crippen MR) is 35.8 cm³/mol. The summed E-state index contributed by atoms with van der Waals surface area (Å²) in [5.74, 6) is -0.260. The highest BCUT2D eigenvalue weighted by atomic mass is 32.2. The molecule has 0 saturated carbocycles. The largest absolute Gasteiger partial charge is 0.285 e. The van der Waals surface area contributed by atoms with E-state index in [1.807, 2.05) is 0 Å². The first-order valence-electron chi connectivity index (χ1n) is 2.52. The molecule has 1 N–H and O–H groups in total. The summed E-state index contributed by atoms with van der Waals surface area (Å²) in [5, 5.41) is 0. The van der Waals surface area contributed by atoms with E-state index in [1.54, 1.807) is 19.9 Å². The topological polar surface area (TPSA) is 54.4 Å². The van der Waals surface area contributed by atoms with Crippen LogP contribution in [0.4, 0.5) is 0 Å². The molecule has 0 heterocycles. The van der Waals surface area contributed by atoms with Gasteiger partial charge in [-0.05, 0) is 13.8 Å². The Morgan fingerprint density at radius 3 is 2.22 bits per heavy atom. The van der Waals surface area contributed by atoms with Gasteiger partial charge in [0.2, 0.25) is 0 Å². The van der Waals surface area contributed by atoms with E-state index < -0.39 is 10.1 Å². The van der Waals surface area contributed by atoms with E-state index in [1.165, 1.54) is 0 Å². The van der Waals surface area contributed by atoms with Crippen LogP contribution in [0.3, 0.4) is 0 Å². The number of allylic oxidation sites excluding steroid dienone is 1. The van der Waals surface area contributed by atoms with Gasteiger partial charge in [-0.3, -0.25) is 4.55 Å². The van der Waals surface area contributed by atoms with Gasteiger partial charge in [-0.15, -0.1) is 0 Å². The first-order chi connectivity index (χ1) is 3.95. The SMILES string of the molecule is CC=C(C)CS(=O)(=O)O. The fraction of sp³-hybridized carbons (Fsp3) is 0.600. The second-order valence-electron chi connectivity index (χ2n) is 1.86. The third-order valence-corrected chi connectivity index (χ3v) is 1.72. The molecule has 0 aliphatic carbocycles. The van der Waals surface area contributed by atoms with Crippen molar-refractivity contribution < 1.29 is 13.0 Å². The number of rotatable bonds is 2. The van der Waals surface area contributed by atoms with E-state index in [9.17, 15) is 8.42 Å². The molecule has 0 radical (unpaired) electrons. The molecular formula is C5H10O3S. The quantitative estimate of drug-likeness (QED) is 0.468. The molecule has 0 aromatic carbocycles. The Kier molecular flexibility index (Phi) is 2.87. The highest BCUT2D eigenvalue weighted by Crippen LogP contribution is 1.95. The van der Waals surface area contributed by atoms with Crippen LogP contribution in [0.2, 0.25) is 0 Å². The van der Waals surface area contributed by atoms with E-state index >= 15 is 0 Å². The molecule has 9 heavy (non-hydrogen) atoms. The smallest absolute Gasteiger partial charge is 0.268 e. The maximum absolute atomic E-state index is 10.1. The molecule has 0 aromatic heterocycles. The monoisotopic (exact) mass is 150 g/mol. The predicted octanol–water partition coefficient (Wildman–Crippen LogP) is 0.840. The second kappa shape index (κ2) is 2.98. The highest BCUT2D eigenvalue weighted by Gasteiger charge is 2.03. The Balaban J connectivity index is 4.07. The first-order valence-corrected chi connectivity index (χ1v) is 4.13. The Morgan fingerprint density at radius 1 is 1.67 bits per heavy atom. The molecule has 0 aliphatic rings. The van der Waals surface area contributed by atoms with Gasteiger partial charge in [0.15, 0.2) is 0 Å². The van der Waals surface area contributed by atoms with Crippen LogP contribution in [0, 0.1) is 0 Å². The third-order valence-electron chi connectivity index (χ3n) is 0.903. The van der Waals surface area contributed by atoms with Crippen LogP contribution in [0.1, 0.15) is 13.8 Å². The molecule has 0 saturated heterocycles. The van der Waals surface area contributed by atoms with Gasteiger partial charge in [0.1, 0.15) is 0 Å². The molecule has 3 nitrogen and oxygen atoms in total. The maximum Gasteiger partial charge on any atom is 0.268 e. The minimum absolute atomic E-state index is 0.260. The number of hydrogen-bond acceptors (Lipinski definition) is 2. The molecule has 0 fully saturated rings. The van der Waals surface area contributed by atoms with Crippen molar-refractivity contribution in [1.29, 1.82) is 0 Å². The van der Waals surface area contributed by atoms with Gasteiger partial charge < -0.3 is 0 Å². The van der Waals surface area contributed by atoms with Crippen LogP contribution in [-0.4, -0.2) is 18.7 Å². The lowest BCUT2D eigenvalue weighted by Crippen LogP contribution is -2.04. The summed E-state index contributed by atoms with van der Waals surface area (Å²) in [6, 6.07) is 0. The molecule has 0 aromatic rings. The zero-order valence-electron chi connectivity index (χ0n) is 5.46. The first kappa shape index (κ1) is 8.65. The molecule has 0 aliphatic heterocycles. The summed E-state index contributed by atoms with van der Waals surface area (Å²) in [5.41, 5.74) is 0.650. The second-order valence-corrected chi connectivity index (χ2v) is 3.31.